The van der Waals surface area contributed by atoms with Crippen molar-refractivity contribution < 1.29 is 28.6 Å². The van der Waals surface area contributed by atoms with Crippen molar-refractivity contribution >= 4 is 17.9 Å². The Morgan fingerprint density at radius 3 is 1.03 bits per heavy atom. The molecule has 0 saturated carbocycles. The van der Waals surface area contributed by atoms with Gasteiger partial charge in [0.1, 0.15) is 13.2 Å². The van der Waals surface area contributed by atoms with E-state index in [0.29, 0.717) is 12.8 Å². The molecule has 0 radical (unpaired) electrons. The largest absolute Gasteiger partial charge is 0.462 e. The number of esters is 3. The number of unbranched alkanes of at least 4 members (excludes halogenated alkanes) is 15. The van der Waals surface area contributed by atoms with Gasteiger partial charge in [-0.1, -0.05) is 212 Å². The minimum Gasteiger partial charge on any atom is -0.462 e. The van der Waals surface area contributed by atoms with Gasteiger partial charge in [-0.3, -0.25) is 14.4 Å². The van der Waals surface area contributed by atoms with Crippen LogP contribution in [0.25, 0.3) is 0 Å². The van der Waals surface area contributed by atoms with Gasteiger partial charge in [0, 0.05) is 19.3 Å². The highest BCUT2D eigenvalue weighted by atomic mass is 16.6. The topological polar surface area (TPSA) is 78.9 Å². The molecule has 0 heterocycles. The van der Waals surface area contributed by atoms with E-state index in [9.17, 15) is 14.4 Å². The predicted octanol–water partition coefficient (Wildman–Crippen LogP) is 17.5. The summed E-state index contributed by atoms with van der Waals surface area (Å²) in [6.07, 6.45) is 74.3. The van der Waals surface area contributed by atoms with Crippen molar-refractivity contribution in [2.24, 2.45) is 0 Å². The molecule has 0 saturated heterocycles. The van der Waals surface area contributed by atoms with E-state index < -0.39 is 6.10 Å². The number of hydrogen-bond donors (Lipinski definition) is 0. The summed E-state index contributed by atoms with van der Waals surface area (Å²) in [5.74, 6) is -0.975. The van der Waals surface area contributed by atoms with Crippen LogP contribution in [0.3, 0.4) is 0 Å². The van der Waals surface area contributed by atoms with Crippen LogP contribution in [-0.2, 0) is 28.6 Å². The molecule has 0 aliphatic heterocycles. The van der Waals surface area contributed by atoms with Crippen molar-refractivity contribution in [3.05, 3.63) is 134 Å². The van der Waals surface area contributed by atoms with Crippen molar-refractivity contribution in [1.29, 1.82) is 0 Å². The fraction of sp³-hybridized carbons (Fsp3) is 0.583. The molecular formula is C60H94O6. The van der Waals surface area contributed by atoms with Gasteiger partial charge in [0.2, 0.25) is 0 Å². The molecule has 6 heteroatoms. The first-order valence-corrected chi connectivity index (χ1v) is 26.2. The molecule has 0 aromatic rings. The molecule has 0 N–H and O–H groups in total. The van der Waals surface area contributed by atoms with Crippen LogP contribution in [0.15, 0.2) is 134 Å². The normalized spacial score (nSPS) is 13.2. The van der Waals surface area contributed by atoms with Crippen molar-refractivity contribution in [3.8, 4) is 0 Å². The second kappa shape index (κ2) is 53.2. The van der Waals surface area contributed by atoms with Crippen molar-refractivity contribution in [2.75, 3.05) is 13.2 Å². The summed E-state index contributed by atoms with van der Waals surface area (Å²) in [5.41, 5.74) is 0. The molecule has 0 spiro atoms. The highest BCUT2D eigenvalue weighted by Gasteiger charge is 2.19. The number of carbonyl (C=O) groups is 3. The van der Waals surface area contributed by atoms with Gasteiger partial charge in [-0.05, 0) is 109 Å². The zero-order valence-corrected chi connectivity index (χ0v) is 42.1. The second-order valence-electron chi connectivity index (χ2n) is 16.7. The van der Waals surface area contributed by atoms with E-state index in [1.165, 1.54) is 12.8 Å². The minimum absolute atomic E-state index is 0.108. The first-order chi connectivity index (χ1) is 32.5. The fourth-order valence-electron chi connectivity index (χ4n) is 6.63. The predicted molar refractivity (Wildman–Crippen MR) is 283 cm³/mol. The average molecular weight is 911 g/mol. The molecule has 0 fully saturated rings. The molecule has 0 aliphatic carbocycles. The second-order valence-corrected chi connectivity index (χ2v) is 16.7. The van der Waals surface area contributed by atoms with Crippen LogP contribution in [0.5, 0.6) is 0 Å². The number of allylic oxidation sites excluding steroid dienone is 22. The first kappa shape index (κ1) is 61.5. The van der Waals surface area contributed by atoms with Crippen molar-refractivity contribution in [2.45, 2.75) is 213 Å². The summed E-state index contributed by atoms with van der Waals surface area (Å²) in [7, 11) is 0. The van der Waals surface area contributed by atoms with E-state index in [4.69, 9.17) is 14.2 Å². The Labute approximate surface area is 405 Å². The van der Waals surface area contributed by atoms with Gasteiger partial charge in [0.25, 0.3) is 0 Å². The summed E-state index contributed by atoms with van der Waals surface area (Å²) in [6.45, 7) is 6.20. The third kappa shape index (κ3) is 50.5. The third-order valence-corrected chi connectivity index (χ3v) is 10.5. The van der Waals surface area contributed by atoms with Gasteiger partial charge in [-0.15, -0.1) is 0 Å². The SMILES string of the molecule is CC\C=C/C=C\C=C/C=C\CCCCCCCC(=O)OC(COC(=O)CCCCCC/C=C\C/C=C\C/C=C\CC)COC(=O)CCCCCCCC/C=C\C/C=C\C/C=C\C/C=C\CC. The summed E-state index contributed by atoms with van der Waals surface area (Å²) in [6, 6.07) is 0. The van der Waals surface area contributed by atoms with Gasteiger partial charge >= 0.3 is 17.9 Å². The first-order valence-electron chi connectivity index (χ1n) is 26.2. The van der Waals surface area contributed by atoms with Crippen LogP contribution in [0.2, 0.25) is 0 Å². The standard InChI is InChI=1S/C60H94O6/c1-4-7-10-13-16-19-22-25-28-29-30-31-33-35-38-41-44-47-50-53-59(62)65-56-57(55-64-58(61)52-49-46-43-40-37-34-27-24-21-18-15-12-9-6-3)66-60(63)54-51-48-45-42-39-36-32-26-23-20-17-14-11-8-5-2/h7-12,14,16-21,23,25-28,30-32,34,57H,4-6,13,15,22,24,29,33,35-56H2,1-3H3/b10-7-,11-8-,12-9-,17-14-,19-16-,21-18-,23-20-,28-25-,31-30-,32-26-,34-27-. The summed E-state index contributed by atoms with van der Waals surface area (Å²) < 4.78 is 16.8. The van der Waals surface area contributed by atoms with Crippen LogP contribution in [-0.4, -0.2) is 37.2 Å². The Bertz CT molecular complexity index is 1460. The van der Waals surface area contributed by atoms with E-state index in [1.807, 2.05) is 24.3 Å². The lowest BCUT2D eigenvalue weighted by atomic mass is 10.1. The monoisotopic (exact) mass is 911 g/mol. The molecule has 0 rings (SSSR count). The van der Waals surface area contributed by atoms with E-state index in [1.54, 1.807) is 0 Å². The molecular weight excluding hydrogens is 817 g/mol. The van der Waals surface area contributed by atoms with Crippen LogP contribution in [0, 0.1) is 0 Å². The Balaban J connectivity index is 4.50. The van der Waals surface area contributed by atoms with Gasteiger partial charge in [-0.2, -0.15) is 0 Å². The van der Waals surface area contributed by atoms with Crippen LogP contribution >= 0.6 is 0 Å². The number of hydrogen-bond acceptors (Lipinski definition) is 6. The number of carbonyl (C=O) groups excluding carboxylic acids is 3. The number of rotatable bonds is 45. The quantitative estimate of drug-likeness (QED) is 0.0199. The van der Waals surface area contributed by atoms with E-state index in [-0.39, 0.29) is 37.5 Å². The Hall–Kier alpha value is -4.45. The van der Waals surface area contributed by atoms with Crippen LogP contribution in [0.1, 0.15) is 207 Å². The summed E-state index contributed by atoms with van der Waals surface area (Å²) >= 11 is 0. The average Bonchev–Trinajstić information content (AvgIpc) is 3.31. The van der Waals surface area contributed by atoms with E-state index in [2.05, 4.69) is 130 Å². The summed E-state index contributed by atoms with van der Waals surface area (Å²) in [4.78, 5) is 38.0. The molecule has 0 aromatic carbocycles. The lowest BCUT2D eigenvalue weighted by Crippen LogP contribution is -2.30. The Kier molecular flexibility index (Phi) is 49.6. The Morgan fingerprint density at radius 2 is 0.621 bits per heavy atom. The minimum atomic E-state index is -0.811. The molecule has 0 aromatic heterocycles. The van der Waals surface area contributed by atoms with Crippen LogP contribution < -0.4 is 0 Å². The van der Waals surface area contributed by atoms with E-state index in [0.717, 1.165) is 154 Å². The molecule has 66 heavy (non-hydrogen) atoms. The van der Waals surface area contributed by atoms with Crippen molar-refractivity contribution in [1.82, 2.24) is 0 Å². The Morgan fingerprint density at radius 1 is 0.318 bits per heavy atom. The lowest BCUT2D eigenvalue weighted by Gasteiger charge is -2.18. The summed E-state index contributed by atoms with van der Waals surface area (Å²) in [5, 5.41) is 0. The molecule has 6 nitrogen and oxygen atoms in total. The van der Waals surface area contributed by atoms with Gasteiger partial charge in [0.15, 0.2) is 6.10 Å². The zero-order valence-electron chi connectivity index (χ0n) is 42.1. The maximum absolute atomic E-state index is 12.8. The molecule has 1 atom stereocenters. The fourth-order valence-corrected chi connectivity index (χ4v) is 6.63. The molecule has 1 unspecified atom stereocenters. The highest BCUT2D eigenvalue weighted by molar-refractivity contribution is 5.71. The van der Waals surface area contributed by atoms with Crippen LogP contribution in [0.4, 0.5) is 0 Å². The maximum atomic E-state index is 12.8. The molecule has 370 valence electrons. The molecule has 0 aliphatic rings. The third-order valence-electron chi connectivity index (χ3n) is 10.5. The smallest absolute Gasteiger partial charge is 0.306 e. The molecule has 0 bridgehead atoms. The van der Waals surface area contributed by atoms with Gasteiger partial charge < -0.3 is 14.2 Å². The van der Waals surface area contributed by atoms with E-state index >= 15 is 0 Å². The zero-order chi connectivity index (χ0) is 47.9. The van der Waals surface area contributed by atoms with Gasteiger partial charge in [0.05, 0.1) is 0 Å². The van der Waals surface area contributed by atoms with Crippen molar-refractivity contribution in [3.63, 3.8) is 0 Å². The number of ether oxygens (including phenoxy) is 3. The lowest BCUT2D eigenvalue weighted by molar-refractivity contribution is -0.167. The van der Waals surface area contributed by atoms with Gasteiger partial charge in [-0.25, -0.2) is 0 Å². The highest BCUT2D eigenvalue weighted by Crippen LogP contribution is 2.13. The molecule has 0 amide bonds. The maximum Gasteiger partial charge on any atom is 0.306 e.